The summed E-state index contributed by atoms with van der Waals surface area (Å²) in [6.07, 6.45) is 7.12. The van der Waals surface area contributed by atoms with Gasteiger partial charge in [-0.3, -0.25) is 4.79 Å². The second-order valence-corrected chi connectivity index (χ2v) is 3.22. The molecule has 0 aliphatic carbocycles. The van der Waals surface area contributed by atoms with Gasteiger partial charge in [-0.2, -0.15) is 0 Å². The van der Waals surface area contributed by atoms with Crippen LogP contribution in [0.1, 0.15) is 12.8 Å². The number of carbonyl (C=O) groups excluding carboxylic acids is 1. The third-order valence-electron chi connectivity index (χ3n) is 2.09. The first-order valence-corrected chi connectivity index (χ1v) is 4.18. The average Bonchev–Trinajstić information content (AvgIpc) is 2.04. The summed E-state index contributed by atoms with van der Waals surface area (Å²) in [7, 11) is 2.05. The number of likely N-dealkylation sites (tertiary alicyclic amines) is 1. The Labute approximate surface area is 73.1 Å². The first-order chi connectivity index (χ1) is 5.72. The van der Waals surface area contributed by atoms with Gasteiger partial charge in [-0.15, -0.1) is 6.42 Å². The summed E-state index contributed by atoms with van der Waals surface area (Å²) in [5.41, 5.74) is 0. The van der Waals surface area contributed by atoms with Crippen LogP contribution in [-0.4, -0.2) is 37.0 Å². The van der Waals surface area contributed by atoms with Crippen molar-refractivity contribution in [1.82, 2.24) is 10.2 Å². The standard InChI is InChI=1S/C9H14N2O/c1-3-9(12)10-8-5-4-6-11(2)7-8/h1,8H,4-7H2,2H3,(H,10,12). The Morgan fingerprint density at radius 3 is 3.08 bits per heavy atom. The molecule has 1 atom stereocenters. The maximum absolute atomic E-state index is 10.8. The molecule has 1 aliphatic rings. The van der Waals surface area contributed by atoms with Crippen molar-refractivity contribution in [2.45, 2.75) is 18.9 Å². The van der Waals surface area contributed by atoms with E-state index in [1.165, 1.54) is 0 Å². The number of hydrogen-bond acceptors (Lipinski definition) is 2. The Kier molecular flexibility index (Phi) is 3.12. The fourth-order valence-corrected chi connectivity index (χ4v) is 1.51. The van der Waals surface area contributed by atoms with Gasteiger partial charge in [0.05, 0.1) is 0 Å². The lowest BCUT2D eigenvalue weighted by Crippen LogP contribution is -2.45. The van der Waals surface area contributed by atoms with Crippen molar-refractivity contribution >= 4 is 5.91 Å². The van der Waals surface area contributed by atoms with E-state index >= 15 is 0 Å². The Hall–Kier alpha value is -1.01. The van der Waals surface area contributed by atoms with Crippen molar-refractivity contribution in [1.29, 1.82) is 0 Å². The van der Waals surface area contributed by atoms with E-state index in [4.69, 9.17) is 6.42 Å². The molecule has 0 radical (unpaired) electrons. The minimum Gasteiger partial charge on any atom is -0.341 e. The van der Waals surface area contributed by atoms with Crippen molar-refractivity contribution in [2.75, 3.05) is 20.1 Å². The highest BCUT2D eigenvalue weighted by Crippen LogP contribution is 2.07. The minimum absolute atomic E-state index is 0.243. The van der Waals surface area contributed by atoms with E-state index in [1.807, 2.05) is 7.05 Å². The highest BCUT2D eigenvalue weighted by Gasteiger charge is 2.17. The van der Waals surface area contributed by atoms with Crippen LogP contribution in [0.15, 0.2) is 0 Å². The zero-order valence-electron chi connectivity index (χ0n) is 7.34. The molecule has 3 nitrogen and oxygen atoms in total. The summed E-state index contributed by atoms with van der Waals surface area (Å²) in [6, 6.07) is 0.243. The van der Waals surface area contributed by atoms with Crippen molar-refractivity contribution in [3.8, 4) is 12.3 Å². The number of carbonyl (C=O) groups is 1. The number of nitrogens with zero attached hydrogens (tertiary/aromatic N) is 1. The van der Waals surface area contributed by atoms with Gasteiger partial charge in [0.2, 0.25) is 0 Å². The van der Waals surface area contributed by atoms with Crippen LogP contribution in [0.3, 0.4) is 0 Å². The molecule has 1 heterocycles. The molecule has 1 amide bonds. The molecule has 12 heavy (non-hydrogen) atoms. The monoisotopic (exact) mass is 166 g/mol. The van der Waals surface area contributed by atoms with Gasteiger partial charge in [-0.25, -0.2) is 0 Å². The van der Waals surface area contributed by atoms with Gasteiger partial charge in [0.25, 0.3) is 5.91 Å². The van der Waals surface area contributed by atoms with Crippen LogP contribution in [0.5, 0.6) is 0 Å². The molecule has 1 fully saturated rings. The number of amides is 1. The van der Waals surface area contributed by atoms with E-state index in [-0.39, 0.29) is 11.9 Å². The zero-order chi connectivity index (χ0) is 8.97. The number of rotatable bonds is 1. The summed E-state index contributed by atoms with van der Waals surface area (Å²) in [6.45, 7) is 2.02. The van der Waals surface area contributed by atoms with Gasteiger partial charge in [0.1, 0.15) is 0 Å². The third-order valence-corrected chi connectivity index (χ3v) is 2.09. The first kappa shape index (κ1) is 9.08. The lowest BCUT2D eigenvalue weighted by Gasteiger charge is -2.29. The van der Waals surface area contributed by atoms with Crippen molar-refractivity contribution in [3.05, 3.63) is 0 Å². The van der Waals surface area contributed by atoms with Crippen LogP contribution in [0, 0.1) is 12.3 Å². The number of hydrogen-bond donors (Lipinski definition) is 1. The molecule has 0 saturated carbocycles. The molecule has 1 rings (SSSR count). The lowest BCUT2D eigenvalue weighted by atomic mass is 10.1. The van der Waals surface area contributed by atoms with Crippen molar-refractivity contribution < 1.29 is 4.79 Å². The fourth-order valence-electron chi connectivity index (χ4n) is 1.51. The Bertz CT molecular complexity index is 207. The SMILES string of the molecule is C#CC(=O)NC1CCCN(C)C1. The Morgan fingerprint density at radius 2 is 2.50 bits per heavy atom. The van der Waals surface area contributed by atoms with Gasteiger partial charge in [-0.05, 0) is 32.4 Å². The van der Waals surface area contributed by atoms with E-state index in [0.717, 1.165) is 25.9 Å². The molecule has 1 saturated heterocycles. The minimum atomic E-state index is -0.296. The predicted octanol–water partition coefficient (Wildman–Crippen LogP) is -0.170. The summed E-state index contributed by atoms with van der Waals surface area (Å²) < 4.78 is 0. The first-order valence-electron chi connectivity index (χ1n) is 4.18. The van der Waals surface area contributed by atoms with Gasteiger partial charge >= 0.3 is 0 Å². The highest BCUT2D eigenvalue weighted by atomic mass is 16.1. The number of likely N-dealkylation sites (N-methyl/N-ethyl adjacent to an activating group) is 1. The molecule has 1 N–H and O–H groups in total. The summed E-state index contributed by atoms with van der Waals surface area (Å²) >= 11 is 0. The van der Waals surface area contributed by atoms with Crippen LogP contribution < -0.4 is 5.32 Å². The normalized spacial score (nSPS) is 24.5. The van der Waals surface area contributed by atoms with E-state index in [9.17, 15) is 4.79 Å². The zero-order valence-corrected chi connectivity index (χ0v) is 7.34. The van der Waals surface area contributed by atoms with Gasteiger partial charge < -0.3 is 10.2 Å². The predicted molar refractivity (Wildman–Crippen MR) is 47.5 cm³/mol. The van der Waals surface area contributed by atoms with Crippen molar-refractivity contribution in [3.63, 3.8) is 0 Å². The smallest absolute Gasteiger partial charge is 0.295 e. The van der Waals surface area contributed by atoms with E-state index < -0.39 is 0 Å². The maximum atomic E-state index is 10.8. The number of piperidine rings is 1. The van der Waals surface area contributed by atoms with E-state index in [0.29, 0.717) is 0 Å². The van der Waals surface area contributed by atoms with Crippen molar-refractivity contribution in [2.24, 2.45) is 0 Å². The lowest BCUT2D eigenvalue weighted by molar-refractivity contribution is -0.116. The molecule has 0 bridgehead atoms. The van der Waals surface area contributed by atoms with E-state index in [2.05, 4.69) is 16.1 Å². The van der Waals surface area contributed by atoms with Crippen LogP contribution in [-0.2, 0) is 4.79 Å². The molecule has 1 aliphatic heterocycles. The Morgan fingerprint density at radius 1 is 1.75 bits per heavy atom. The largest absolute Gasteiger partial charge is 0.341 e. The molecule has 0 aromatic rings. The molecular weight excluding hydrogens is 152 g/mol. The number of terminal acetylenes is 1. The molecule has 0 aromatic carbocycles. The third kappa shape index (κ3) is 2.55. The van der Waals surface area contributed by atoms with Gasteiger partial charge in [0.15, 0.2) is 0 Å². The average molecular weight is 166 g/mol. The molecular formula is C9H14N2O. The number of nitrogens with one attached hydrogen (secondary N) is 1. The van der Waals surface area contributed by atoms with Crippen LogP contribution in [0.4, 0.5) is 0 Å². The molecule has 1 unspecified atom stereocenters. The second-order valence-electron chi connectivity index (χ2n) is 3.22. The molecule has 0 spiro atoms. The Balaban J connectivity index is 2.33. The summed E-state index contributed by atoms with van der Waals surface area (Å²) in [4.78, 5) is 13.0. The fraction of sp³-hybridized carbons (Fsp3) is 0.667. The maximum Gasteiger partial charge on any atom is 0.295 e. The second kappa shape index (κ2) is 4.13. The summed E-state index contributed by atoms with van der Waals surface area (Å²) in [5.74, 6) is 1.76. The van der Waals surface area contributed by atoms with Gasteiger partial charge in [0, 0.05) is 12.6 Å². The molecule has 66 valence electrons. The topological polar surface area (TPSA) is 32.3 Å². The highest BCUT2D eigenvalue weighted by molar-refractivity contribution is 5.93. The van der Waals surface area contributed by atoms with Crippen LogP contribution >= 0.6 is 0 Å². The van der Waals surface area contributed by atoms with Gasteiger partial charge in [-0.1, -0.05) is 0 Å². The van der Waals surface area contributed by atoms with Crippen LogP contribution in [0.25, 0.3) is 0 Å². The molecule has 0 aromatic heterocycles. The summed E-state index contributed by atoms with van der Waals surface area (Å²) in [5, 5.41) is 2.78. The van der Waals surface area contributed by atoms with Crippen LogP contribution in [0.2, 0.25) is 0 Å². The molecule has 3 heteroatoms. The quantitative estimate of drug-likeness (QED) is 0.548. The van der Waals surface area contributed by atoms with E-state index in [1.54, 1.807) is 0 Å².